The van der Waals surface area contributed by atoms with Crippen LogP contribution in [0, 0.1) is 5.82 Å². The first-order valence-electron chi connectivity index (χ1n) is 6.09. The number of piperazine rings is 1. The Bertz CT molecular complexity index is 467. The highest BCUT2D eigenvalue weighted by Crippen LogP contribution is 2.17. The predicted octanol–water partition coefficient (Wildman–Crippen LogP) is 0.430. The fourth-order valence-electron chi connectivity index (χ4n) is 2.59. The molecule has 1 atom stereocenters. The van der Waals surface area contributed by atoms with Crippen molar-refractivity contribution in [2.45, 2.75) is 12.6 Å². The van der Waals surface area contributed by atoms with Crippen molar-refractivity contribution >= 4 is 6.03 Å². The summed E-state index contributed by atoms with van der Waals surface area (Å²) in [5, 5.41) is 2.83. The Labute approximate surface area is 105 Å². The van der Waals surface area contributed by atoms with Crippen molar-refractivity contribution in [2.75, 3.05) is 26.2 Å². The van der Waals surface area contributed by atoms with Gasteiger partial charge in [0.1, 0.15) is 5.82 Å². The number of nitrogens with zero attached hydrogens (tertiary/aromatic N) is 3. The number of pyridine rings is 1. The van der Waals surface area contributed by atoms with E-state index in [1.54, 1.807) is 12.3 Å². The molecule has 0 spiro atoms. The molecule has 0 bridgehead atoms. The highest BCUT2D eigenvalue weighted by atomic mass is 19.1. The van der Waals surface area contributed by atoms with Crippen LogP contribution in [0.5, 0.6) is 0 Å². The van der Waals surface area contributed by atoms with Crippen molar-refractivity contribution in [1.29, 1.82) is 0 Å². The number of carbonyl (C=O) groups excluding carboxylic acids is 1. The van der Waals surface area contributed by atoms with Crippen molar-refractivity contribution in [3.05, 3.63) is 29.8 Å². The largest absolute Gasteiger partial charge is 0.336 e. The van der Waals surface area contributed by atoms with Gasteiger partial charge in [-0.25, -0.2) is 9.18 Å². The van der Waals surface area contributed by atoms with Crippen molar-refractivity contribution in [3.63, 3.8) is 0 Å². The van der Waals surface area contributed by atoms with Crippen LogP contribution in [-0.2, 0) is 6.54 Å². The highest BCUT2D eigenvalue weighted by Gasteiger charge is 2.35. The Morgan fingerprint density at radius 3 is 3.22 bits per heavy atom. The first kappa shape index (κ1) is 11.4. The van der Waals surface area contributed by atoms with Gasteiger partial charge in [0.15, 0.2) is 0 Å². The molecule has 2 fully saturated rings. The van der Waals surface area contributed by atoms with E-state index in [1.165, 1.54) is 6.20 Å². The first-order chi connectivity index (χ1) is 8.74. The Hall–Kier alpha value is -1.69. The van der Waals surface area contributed by atoms with Crippen LogP contribution in [0.1, 0.15) is 5.56 Å². The second-order valence-electron chi connectivity index (χ2n) is 4.74. The number of nitrogens with one attached hydrogen (secondary N) is 1. The molecule has 2 saturated heterocycles. The lowest BCUT2D eigenvalue weighted by Gasteiger charge is -2.36. The molecule has 0 saturated carbocycles. The summed E-state index contributed by atoms with van der Waals surface area (Å²) in [6.07, 6.45) is 2.85. The molecule has 3 rings (SSSR count). The molecule has 0 aliphatic carbocycles. The van der Waals surface area contributed by atoms with Crippen LogP contribution in [0.15, 0.2) is 18.5 Å². The number of hydrogen-bond acceptors (Lipinski definition) is 3. The van der Waals surface area contributed by atoms with E-state index in [-0.39, 0.29) is 17.9 Å². The van der Waals surface area contributed by atoms with E-state index < -0.39 is 0 Å². The molecule has 6 heteroatoms. The quantitative estimate of drug-likeness (QED) is 0.828. The van der Waals surface area contributed by atoms with E-state index in [4.69, 9.17) is 0 Å². The maximum Gasteiger partial charge on any atom is 0.317 e. The summed E-state index contributed by atoms with van der Waals surface area (Å²) in [7, 11) is 0. The van der Waals surface area contributed by atoms with Gasteiger partial charge in [0.2, 0.25) is 0 Å². The van der Waals surface area contributed by atoms with Gasteiger partial charge in [-0.1, -0.05) is 0 Å². The van der Waals surface area contributed by atoms with Gasteiger partial charge >= 0.3 is 6.03 Å². The number of halogens is 1. The van der Waals surface area contributed by atoms with E-state index >= 15 is 0 Å². The molecule has 2 aliphatic heterocycles. The van der Waals surface area contributed by atoms with Gasteiger partial charge in [0.05, 0.1) is 12.2 Å². The number of aromatic nitrogens is 1. The van der Waals surface area contributed by atoms with Crippen LogP contribution in [0.25, 0.3) is 0 Å². The normalized spacial score (nSPS) is 23.9. The minimum atomic E-state index is -0.263. The molecule has 3 heterocycles. The minimum Gasteiger partial charge on any atom is -0.336 e. The van der Waals surface area contributed by atoms with E-state index in [9.17, 15) is 9.18 Å². The number of carbonyl (C=O) groups is 1. The predicted molar refractivity (Wildman–Crippen MR) is 63.4 cm³/mol. The van der Waals surface area contributed by atoms with Gasteiger partial charge in [-0.3, -0.25) is 9.88 Å². The molecule has 96 valence electrons. The molecule has 18 heavy (non-hydrogen) atoms. The monoisotopic (exact) mass is 250 g/mol. The van der Waals surface area contributed by atoms with E-state index in [0.29, 0.717) is 25.2 Å². The molecule has 2 aliphatic rings. The van der Waals surface area contributed by atoms with Gasteiger partial charge in [-0.05, 0) is 6.07 Å². The lowest BCUT2D eigenvalue weighted by Crippen LogP contribution is -2.51. The van der Waals surface area contributed by atoms with Gasteiger partial charge in [0, 0.05) is 44.5 Å². The minimum absolute atomic E-state index is 0.0229. The molecule has 1 aromatic rings. The van der Waals surface area contributed by atoms with Gasteiger partial charge in [0.25, 0.3) is 0 Å². The summed E-state index contributed by atoms with van der Waals surface area (Å²) >= 11 is 0. The lowest BCUT2D eigenvalue weighted by atomic mass is 10.1. The van der Waals surface area contributed by atoms with Crippen LogP contribution in [0.4, 0.5) is 9.18 Å². The molecule has 2 amide bonds. The lowest BCUT2D eigenvalue weighted by molar-refractivity contribution is 0.116. The molecule has 1 N–H and O–H groups in total. The van der Waals surface area contributed by atoms with E-state index in [1.807, 2.05) is 4.90 Å². The number of amides is 2. The summed E-state index contributed by atoms with van der Waals surface area (Å²) in [6.45, 7) is 3.55. The van der Waals surface area contributed by atoms with E-state index in [2.05, 4.69) is 15.2 Å². The summed E-state index contributed by atoms with van der Waals surface area (Å²) in [6, 6.07) is 1.95. The molecule has 5 nitrogen and oxygen atoms in total. The van der Waals surface area contributed by atoms with Gasteiger partial charge < -0.3 is 10.2 Å². The molecule has 0 radical (unpaired) electrons. The SMILES string of the molecule is O=C1NC[C@H]2CN(Cc3ccncc3F)CCN12. The highest BCUT2D eigenvalue weighted by molar-refractivity contribution is 5.77. The zero-order valence-electron chi connectivity index (χ0n) is 9.97. The van der Waals surface area contributed by atoms with Crippen molar-refractivity contribution < 1.29 is 9.18 Å². The topological polar surface area (TPSA) is 48.5 Å². The van der Waals surface area contributed by atoms with Gasteiger partial charge in [-0.15, -0.1) is 0 Å². The number of hydrogen-bond donors (Lipinski definition) is 1. The fourth-order valence-corrected chi connectivity index (χ4v) is 2.59. The standard InChI is InChI=1S/C12H15FN4O/c13-11-6-14-2-1-9(11)7-16-3-4-17-10(8-16)5-15-12(17)18/h1-2,6,10H,3-5,7-8H2,(H,15,18)/t10-/m0/s1. The van der Waals surface area contributed by atoms with Crippen LogP contribution in [0.3, 0.4) is 0 Å². The average Bonchev–Trinajstić information content (AvgIpc) is 2.74. The molecule has 0 unspecified atom stereocenters. The van der Waals surface area contributed by atoms with Crippen LogP contribution in [-0.4, -0.2) is 53.0 Å². The summed E-state index contributed by atoms with van der Waals surface area (Å²) < 4.78 is 13.5. The Balaban J connectivity index is 1.66. The van der Waals surface area contributed by atoms with Crippen LogP contribution < -0.4 is 5.32 Å². The maximum atomic E-state index is 13.5. The number of rotatable bonds is 2. The molecular formula is C12H15FN4O. The third-order valence-electron chi connectivity index (χ3n) is 3.57. The van der Waals surface area contributed by atoms with Crippen LogP contribution >= 0.6 is 0 Å². The number of fused-ring (bicyclic) bond motifs is 1. The zero-order chi connectivity index (χ0) is 12.5. The smallest absolute Gasteiger partial charge is 0.317 e. The molecule has 0 aromatic carbocycles. The third kappa shape index (κ3) is 2.03. The molecule has 1 aromatic heterocycles. The average molecular weight is 250 g/mol. The van der Waals surface area contributed by atoms with Crippen LogP contribution in [0.2, 0.25) is 0 Å². The van der Waals surface area contributed by atoms with Crippen molar-refractivity contribution in [2.24, 2.45) is 0 Å². The second kappa shape index (κ2) is 4.53. The zero-order valence-corrected chi connectivity index (χ0v) is 9.97. The van der Waals surface area contributed by atoms with Crippen molar-refractivity contribution in [1.82, 2.24) is 20.1 Å². The summed E-state index contributed by atoms with van der Waals surface area (Å²) in [4.78, 5) is 19.2. The van der Waals surface area contributed by atoms with Crippen molar-refractivity contribution in [3.8, 4) is 0 Å². The number of urea groups is 1. The summed E-state index contributed by atoms with van der Waals surface area (Å²) in [5.74, 6) is -0.263. The summed E-state index contributed by atoms with van der Waals surface area (Å²) in [5.41, 5.74) is 0.663. The van der Waals surface area contributed by atoms with E-state index in [0.717, 1.165) is 13.1 Å². The Morgan fingerprint density at radius 1 is 1.50 bits per heavy atom. The maximum absolute atomic E-state index is 13.5. The Kier molecular flexibility index (Phi) is 2.87. The fraction of sp³-hybridized carbons (Fsp3) is 0.500. The second-order valence-corrected chi connectivity index (χ2v) is 4.74. The van der Waals surface area contributed by atoms with Gasteiger partial charge in [-0.2, -0.15) is 0 Å². The first-order valence-corrected chi connectivity index (χ1v) is 6.09. The third-order valence-corrected chi connectivity index (χ3v) is 3.57. The Morgan fingerprint density at radius 2 is 2.39 bits per heavy atom. The molecular weight excluding hydrogens is 235 g/mol.